The second kappa shape index (κ2) is 3.92. The molecule has 1 aromatic rings. The van der Waals surface area contributed by atoms with Crippen molar-refractivity contribution in [3.63, 3.8) is 0 Å². The third-order valence-corrected chi connectivity index (χ3v) is 3.36. The second-order valence-corrected chi connectivity index (χ2v) is 5.16. The minimum atomic E-state index is -3.02. The Labute approximate surface area is 79.5 Å². The van der Waals surface area contributed by atoms with Gasteiger partial charge in [-0.3, -0.25) is 0 Å². The molecule has 1 rings (SSSR count). The lowest BCUT2D eigenvalue weighted by atomic mass is 10.1. The van der Waals surface area contributed by atoms with Crippen LogP contribution in [0.2, 0.25) is 0 Å². The summed E-state index contributed by atoms with van der Waals surface area (Å²) in [5, 5.41) is -0.478. The predicted molar refractivity (Wildman–Crippen MR) is 54.0 cm³/mol. The highest BCUT2D eigenvalue weighted by Crippen LogP contribution is 2.23. The van der Waals surface area contributed by atoms with Gasteiger partial charge >= 0.3 is 0 Å². The summed E-state index contributed by atoms with van der Waals surface area (Å²) in [5.41, 5.74) is 0.826. The van der Waals surface area contributed by atoms with Gasteiger partial charge in [0.25, 0.3) is 0 Å². The molecular weight excluding hydrogens is 184 g/mol. The Balaban J connectivity index is 3.06. The summed E-state index contributed by atoms with van der Waals surface area (Å²) >= 11 is 0. The maximum Gasteiger partial charge on any atom is 0.154 e. The summed E-state index contributed by atoms with van der Waals surface area (Å²) in [6.07, 6.45) is 2.95. The molecule has 71 valence electrons. The summed E-state index contributed by atoms with van der Waals surface area (Å²) in [5.74, 6) is 0. The smallest absolute Gasteiger partial charge is 0.154 e. The molecule has 0 saturated carbocycles. The highest BCUT2D eigenvalue weighted by molar-refractivity contribution is 7.91. The molecule has 0 aliphatic rings. The molecule has 3 heteroatoms. The number of hydrogen-bond acceptors (Lipinski definition) is 2. The van der Waals surface area contributed by atoms with Crippen molar-refractivity contribution in [3.05, 3.63) is 42.3 Å². The molecule has 0 aliphatic heterocycles. The Morgan fingerprint density at radius 1 is 1.23 bits per heavy atom. The molecule has 0 fully saturated rings. The van der Waals surface area contributed by atoms with Crippen LogP contribution in [0.3, 0.4) is 0 Å². The van der Waals surface area contributed by atoms with Gasteiger partial charge in [-0.15, -0.1) is 0 Å². The Kier molecular flexibility index (Phi) is 3.09. The van der Waals surface area contributed by atoms with Crippen molar-refractivity contribution in [1.82, 2.24) is 0 Å². The van der Waals surface area contributed by atoms with E-state index in [1.807, 2.05) is 30.3 Å². The van der Waals surface area contributed by atoms with Crippen LogP contribution in [-0.2, 0) is 9.84 Å². The Hall–Kier alpha value is -0.830. The molecule has 1 atom stereocenters. The summed E-state index contributed by atoms with van der Waals surface area (Å²) < 4.78 is 22.7. The fourth-order valence-corrected chi connectivity index (χ4v) is 2.48. The van der Waals surface area contributed by atoms with Crippen LogP contribution in [0, 0.1) is 6.42 Å². The van der Waals surface area contributed by atoms with E-state index in [4.69, 9.17) is 0 Å². The molecule has 0 N–H and O–H groups in total. The van der Waals surface area contributed by atoms with E-state index in [1.165, 1.54) is 6.26 Å². The fraction of sp³-hybridized carbons (Fsp3) is 0.300. The first kappa shape index (κ1) is 10.3. The summed E-state index contributed by atoms with van der Waals surface area (Å²) in [6.45, 7) is 1.76. The summed E-state index contributed by atoms with van der Waals surface area (Å²) in [7, 11) is -3.02. The average Bonchev–Trinajstić information content (AvgIpc) is 2.05. The van der Waals surface area contributed by atoms with Crippen LogP contribution in [0.4, 0.5) is 0 Å². The Bertz CT molecular complexity index is 354. The van der Waals surface area contributed by atoms with Gasteiger partial charge in [0.05, 0.1) is 5.25 Å². The normalized spacial score (nSPS) is 14.0. The quantitative estimate of drug-likeness (QED) is 0.742. The van der Waals surface area contributed by atoms with E-state index in [9.17, 15) is 8.42 Å². The van der Waals surface area contributed by atoms with Crippen LogP contribution in [0.25, 0.3) is 0 Å². The third kappa shape index (κ3) is 2.56. The zero-order chi connectivity index (χ0) is 9.90. The molecule has 0 aliphatic carbocycles. The van der Waals surface area contributed by atoms with Crippen molar-refractivity contribution in [2.75, 3.05) is 6.26 Å². The zero-order valence-electron chi connectivity index (χ0n) is 7.77. The number of hydrogen-bond donors (Lipinski definition) is 0. The molecular formula is C10H13O2S. The van der Waals surface area contributed by atoms with Gasteiger partial charge in [0.2, 0.25) is 0 Å². The molecule has 0 aromatic heterocycles. The molecule has 1 unspecified atom stereocenters. The summed E-state index contributed by atoms with van der Waals surface area (Å²) in [6, 6.07) is 9.21. The minimum Gasteiger partial charge on any atom is -0.228 e. The third-order valence-electron chi connectivity index (χ3n) is 1.89. The van der Waals surface area contributed by atoms with Gasteiger partial charge in [-0.05, 0) is 12.0 Å². The van der Waals surface area contributed by atoms with E-state index in [2.05, 4.69) is 0 Å². The molecule has 1 aromatic carbocycles. The average molecular weight is 197 g/mol. The van der Waals surface area contributed by atoms with Crippen molar-refractivity contribution in [1.29, 1.82) is 0 Å². The van der Waals surface area contributed by atoms with E-state index in [0.717, 1.165) is 5.56 Å². The van der Waals surface area contributed by atoms with Gasteiger partial charge in [0.1, 0.15) is 0 Å². The SMILES string of the molecule is C[CH]C(c1ccccc1)S(C)(=O)=O. The number of benzene rings is 1. The molecule has 0 amide bonds. The largest absolute Gasteiger partial charge is 0.228 e. The van der Waals surface area contributed by atoms with Crippen molar-refractivity contribution in [2.24, 2.45) is 0 Å². The minimum absolute atomic E-state index is 0.478. The maximum absolute atomic E-state index is 11.3. The monoisotopic (exact) mass is 197 g/mol. The van der Waals surface area contributed by atoms with E-state index < -0.39 is 15.1 Å². The van der Waals surface area contributed by atoms with Crippen LogP contribution in [0.1, 0.15) is 17.7 Å². The van der Waals surface area contributed by atoms with Crippen LogP contribution in [0.15, 0.2) is 30.3 Å². The molecule has 0 spiro atoms. The lowest BCUT2D eigenvalue weighted by Crippen LogP contribution is -2.10. The van der Waals surface area contributed by atoms with Gasteiger partial charge in [-0.25, -0.2) is 8.42 Å². The number of sulfone groups is 1. The fourth-order valence-electron chi connectivity index (χ4n) is 1.33. The van der Waals surface area contributed by atoms with Gasteiger partial charge in [0, 0.05) is 6.26 Å². The molecule has 0 saturated heterocycles. The molecule has 0 heterocycles. The maximum atomic E-state index is 11.3. The first-order valence-corrected chi connectivity index (χ1v) is 6.04. The van der Waals surface area contributed by atoms with Crippen LogP contribution < -0.4 is 0 Å². The van der Waals surface area contributed by atoms with Crippen molar-refractivity contribution >= 4 is 9.84 Å². The van der Waals surface area contributed by atoms with E-state index >= 15 is 0 Å². The predicted octanol–water partition coefficient (Wildman–Crippen LogP) is 2.00. The topological polar surface area (TPSA) is 34.1 Å². The first-order valence-electron chi connectivity index (χ1n) is 4.09. The van der Waals surface area contributed by atoms with E-state index in [1.54, 1.807) is 13.3 Å². The standard InChI is InChI=1S/C10H13O2S/c1-3-10(13(2,11)12)9-7-5-4-6-8-9/h3-8,10H,1-2H3. The highest BCUT2D eigenvalue weighted by Gasteiger charge is 2.19. The van der Waals surface area contributed by atoms with E-state index in [0.29, 0.717) is 0 Å². The lowest BCUT2D eigenvalue weighted by molar-refractivity contribution is 0.594. The second-order valence-electron chi connectivity index (χ2n) is 2.99. The van der Waals surface area contributed by atoms with Gasteiger partial charge in [0.15, 0.2) is 9.84 Å². The molecule has 13 heavy (non-hydrogen) atoms. The first-order chi connectivity index (χ1) is 6.05. The van der Waals surface area contributed by atoms with Crippen molar-refractivity contribution < 1.29 is 8.42 Å². The summed E-state index contributed by atoms with van der Waals surface area (Å²) in [4.78, 5) is 0. The van der Waals surface area contributed by atoms with Gasteiger partial charge in [-0.2, -0.15) is 0 Å². The van der Waals surface area contributed by atoms with Crippen LogP contribution >= 0.6 is 0 Å². The van der Waals surface area contributed by atoms with Crippen LogP contribution in [-0.4, -0.2) is 14.7 Å². The van der Waals surface area contributed by atoms with Crippen molar-refractivity contribution in [3.8, 4) is 0 Å². The Morgan fingerprint density at radius 3 is 2.15 bits per heavy atom. The molecule has 1 radical (unpaired) electrons. The van der Waals surface area contributed by atoms with Gasteiger partial charge < -0.3 is 0 Å². The van der Waals surface area contributed by atoms with E-state index in [-0.39, 0.29) is 0 Å². The lowest BCUT2D eigenvalue weighted by Gasteiger charge is -2.12. The highest BCUT2D eigenvalue weighted by atomic mass is 32.2. The Morgan fingerprint density at radius 2 is 1.77 bits per heavy atom. The van der Waals surface area contributed by atoms with Crippen molar-refractivity contribution in [2.45, 2.75) is 12.2 Å². The molecule has 2 nitrogen and oxygen atoms in total. The zero-order valence-corrected chi connectivity index (χ0v) is 8.58. The van der Waals surface area contributed by atoms with Gasteiger partial charge in [-0.1, -0.05) is 37.3 Å². The number of rotatable bonds is 3. The van der Waals surface area contributed by atoms with Crippen LogP contribution in [0.5, 0.6) is 0 Å². The molecule has 0 bridgehead atoms.